The van der Waals surface area contributed by atoms with E-state index in [0.717, 1.165) is 5.92 Å². The third-order valence-corrected chi connectivity index (χ3v) is 3.60. The van der Waals surface area contributed by atoms with E-state index in [2.05, 4.69) is 0 Å². The SMILES string of the molecule is COC(=O)[C@@H]1[C@H](CN)[C@H]2CC[C@H]21.Cl. The zero-order chi connectivity index (χ0) is 8.72. The first-order valence-corrected chi connectivity index (χ1v) is 4.57. The molecule has 0 heterocycles. The molecule has 0 saturated heterocycles. The smallest absolute Gasteiger partial charge is 0.309 e. The van der Waals surface area contributed by atoms with Crippen molar-refractivity contribution < 1.29 is 9.53 Å². The topological polar surface area (TPSA) is 52.3 Å². The number of hydrogen-bond donors (Lipinski definition) is 1. The molecule has 2 aliphatic carbocycles. The lowest BCUT2D eigenvalue weighted by molar-refractivity contribution is -0.174. The van der Waals surface area contributed by atoms with Crippen molar-refractivity contribution in [3.63, 3.8) is 0 Å². The van der Waals surface area contributed by atoms with Gasteiger partial charge in [-0.15, -0.1) is 12.4 Å². The van der Waals surface area contributed by atoms with Crippen molar-refractivity contribution in [3.8, 4) is 0 Å². The summed E-state index contributed by atoms with van der Waals surface area (Å²) in [4.78, 5) is 11.3. The summed E-state index contributed by atoms with van der Waals surface area (Å²) in [6.45, 7) is 0.640. The van der Waals surface area contributed by atoms with Gasteiger partial charge in [-0.05, 0) is 37.1 Å². The molecule has 4 atom stereocenters. The summed E-state index contributed by atoms with van der Waals surface area (Å²) < 4.78 is 4.74. The highest BCUT2D eigenvalue weighted by molar-refractivity contribution is 5.85. The van der Waals surface area contributed by atoms with Crippen molar-refractivity contribution >= 4 is 18.4 Å². The highest BCUT2D eigenvalue weighted by Gasteiger charge is 2.57. The summed E-state index contributed by atoms with van der Waals surface area (Å²) >= 11 is 0. The Morgan fingerprint density at radius 2 is 2.08 bits per heavy atom. The summed E-state index contributed by atoms with van der Waals surface area (Å²) in [7, 11) is 1.46. The fourth-order valence-corrected chi connectivity index (χ4v) is 2.77. The van der Waals surface area contributed by atoms with Crippen molar-refractivity contribution in [1.82, 2.24) is 0 Å². The number of ether oxygens (including phenoxy) is 1. The molecule has 2 N–H and O–H groups in total. The van der Waals surface area contributed by atoms with Crippen molar-refractivity contribution in [1.29, 1.82) is 0 Å². The van der Waals surface area contributed by atoms with Crippen LogP contribution in [0, 0.1) is 23.7 Å². The lowest BCUT2D eigenvalue weighted by Gasteiger charge is -2.57. The van der Waals surface area contributed by atoms with Gasteiger partial charge in [-0.2, -0.15) is 0 Å². The van der Waals surface area contributed by atoms with Crippen molar-refractivity contribution in [2.24, 2.45) is 29.4 Å². The van der Waals surface area contributed by atoms with Gasteiger partial charge in [-0.1, -0.05) is 0 Å². The minimum absolute atomic E-state index is 0. The van der Waals surface area contributed by atoms with Gasteiger partial charge in [0.05, 0.1) is 13.0 Å². The van der Waals surface area contributed by atoms with E-state index >= 15 is 0 Å². The van der Waals surface area contributed by atoms with Crippen LogP contribution in [0.25, 0.3) is 0 Å². The van der Waals surface area contributed by atoms with E-state index in [1.54, 1.807) is 0 Å². The Balaban J connectivity index is 0.000000845. The first-order valence-electron chi connectivity index (χ1n) is 4.57. The van der Waals surface area contributed by atoms with Crippen LogP contribution in [0.3, 0.4) is 0 Å². The summed E-state index contributed by atoms with van der Waals surface area (Å²) in [6.07, 6.45) is 2.46. The molecule has 2 saturated carbocycles. The van der Waals surface area contributed by atoms with Crippen LogP contribution in [-0.2, 0) is 9.53 Å². The van der Waals surface area contributed by atoms with Gasteiger partial charge < -0.3 is 10.5 Å². The van der Waals surface area contributed by atoms with Crippen LogP contribution in [0.1, 0.15) is 12.8 Å². The van der Waals surface area contributed by atoms with Gasteiger partial charge in [0.25, 0.3) is 0 Å². The first-order chi connectivity index (χ1) is 5.79. The standard InChI is InChI=1S/C9H15NO2.ClH/c1-12-9(11)8-6-3-2-5(6)7(8)4-10;/h5-8H,2-4,10H2,1H3;1H/t5-,6+,7+,8-;/m0./s1. The Labute approximate surface area is 84.4 Å². The van der Waals surface area contributed by atoms with Crippen LogP contribution in [-0.4, -0.2) is 19.6 Å². The Morgan fingerprint density at radius 3 is 2.46 bits per heavy atom. The minimum Gasteiger partial charge on any atom is -0.469 e. The molecule has 0 radical (unpaired) electrons. The molecule has 0 aliphatic heterocycles. The van der Waals surface area contributed by atoms with Gasteiger partial charge in [-0.3, -0.25) is 4.79 Å². The summed E-state index contributed by atoms with van der Waals surface area (Å²) in [6, 6.07) is 0. The number of carbonyl (C=O) groups excluding carboxylic acids is 1. The zero-order valence-electron chi connectivity index (χ0n) is 7.73. The van der Waals surface area contributed by atoms with E-state index < -0.39 is 0 Å². The number of hydrogen-bond acceptors (Lipinski definition) is 3. The predicted molar refractivity (Wildman–Crippen MR) is 51.5 cm³/mol. The molecule has 13 heavy (non-hydrogen) atoms. The molecule has 3 nitrogen and oxygen atoms in total. The fraction of sp³-hybridized carbons (Fsp3) is 0.889. The number of halogens is 1. The third kappa shape index (κ3) is 1.34. The van der Waals surface area contributed by atoms with Crippen LogP contribution in [0.2, 0.25) is 0 Å². The van der Waals surface area contributed by atoms with Gasteiger partial charge in [0.2, 0.25) is 0 Å². The van der Waals surface area contributed by atoms with Gasteiger partial charge in [0.15, 0.2) is 0 Å². The Morgan fingerprint density at radius 1 is 1.46 bits per heavy atom. The number of rotatable bonds is 2. The maximum Gasteiger partial charge on any atom is 0.309 e. The maximum absolute atomic E-state index is 11.3. The van der Waals surface area contributed by atoms with Gasteiger partial charge >= 0.3 is 5.97 Å². The Hall–Kier alpha value is -0.280. The molecule has 0 aromatic heterocycles. The van der Waals surface area contributed by atoms with Gasteiger partial charge in [0, 0.05) is 0 Å². The predicted octanol–water partition coefficient (Wildman–Crippen LogP) is 0.812. The molecular weight excluding hydrogens is 190 g/mol. The van der Waals surface area contributed by atoms with E-state index in [4.69, 9.17) is 10.5 Å². The van der Waals surface area contributed by atoms with Crippen LogP contribution in [0.15, 0.2) is 0 Å². The summed E-state index contributed by atoms with van der Waals surface area (Å²) in [5.74, 6) is 1.83. The van der Waals surface area contributed by atoms with Gasteiger partial charge in [-0.25, -0.2) is 0 Å². The van der Waals surface area contributed by atoms with Crippen LogP contribution >= 0.6 is 12.4 Å². The summed E-state index contributed by atoms with van der Waals surface area (Å²) in [5, 5.41) is 0. The minimum atomic E-state index is -0.0496. The monoisotopic (exact) mass is 205 g/mol. The van der Waals surface area contributed by atoms with E-state index in [-0.39, 0.29) is 24.3 Å². The molecule has 0 bridgehead atoms. The third-order valence-electron chi connectivity index (χ3n) is 3.60. The molecule has 0 unspecified atom stereocenters. The number of esters is 1. The number of fused-ring (bicyclic) bond motifs is 1. The second-order valence-corrected chi connectivity index (χ2v) is 3.85. The zero-order valence-corrected chi connectivity index (χ0v) is 8.55. The van der Waals surface area contributed by atoms with Crippen molar-refractivity contribution in [2.75, 3.05) is 13.7 Å². The summed E-state index contributed by atoms with van der Waals surface area (Å²) in [5.41, 5.74) is 5.60. The Bertz CT molecular complexity index is 210. The largest absolute Gasteiger partial charge is 0.469 e. The maximum atomic E-state index is 11.3. The van der Waals surface area contributed by atoms with Crippen molar-refractivity contribution in [2.45, 2.75) is 12.8 Å². The van der Waals surface area contributed by atoms with Crippen LogP contribution in [0.5, 0.6) is 0 Å². The quantitative estimate of drug-likeness (QED) is 0.679. The molecule has 2 fully saturated rings. The molecule has 2 aliphatic rings. The normalized spacial score (nSPS) is 40.5. The second kappa shape index (κ2) is 3.84. The van der Waals surface area contributed by atoms with E-state index in [1.165, 1.54) is 20.0 Å². The van der Waals surface area contributed by atoms with Crippen molar-refractivity contribution in [3.05, 3.63) is 0 Å². The molecule has 2 rings (SSSR count). The molecular formula is C9H16ClNO2. The first kappa shape index (κ1) is 10.8. The molecule has 76 valence electrons. The molecule has 0 spiro atoms. The highest BCUT2D eigenvalue weighted by atomic mass is 35.5. The van der Waals surface area contributed by atoms with Crippen LogP contribution in [0.4, 0.5) is 0 Å². The Kier molecular flexibility index (Phi) is 3.19. The van der Waals surface area contributed by atoms with E-state index in [1.807, 2.05) is 0 Å². The average Bonchev–Trinajstić information content (AvgIpc) is 2.06. The molecule has 4 heteroatoms. The highest BCUT2D eigenvalue weighted by Crippen LogP contribution is 2.58. The average molecular weight is 206 g/mol. The fourth-order valence-electron chi connectivity index (χ4n) is 2.77. The number of methoxy groups -OCH3 is 1. The second-order valence-electron chi connectivity index (χ2n) is 3.85. The number of nitrogens with two attached hydrogens (primary N) is 1. The molecule has 0 amide bonds. The van der Waals surface area contributed by atoms with Gasteiger partial charge in [0.1, 0.15) is 0 Å². The lowest BCUT2D eigenvalue weighted by Crippen LogP contribution is -2.58. The number of carbonyl (C=O) groups is 1. The molecule has 0 aromatic carbocycles. The lowest BCUT2D eigenvalue weighted by atomic mass is 9.47. The molecule has 0 aromatic rings. The van der Waals surface area contributed by atoms with Crippen LogP contribution < -0.4 is 5.73 Å². The van der Waals surface area contributed by atoms with E-state index in [9.17, 15) is 4.79 Å². The van der Waals surface area contributed by atoms with E-state index in [0.29, 0.717) is 18.4 Å².